The second-order valence-corrected chi connectivity index (χ2v) is 4.77. The summed E-state index contributed by atoms with van der Waals surface area (Å²) in [5, 5.41) is 11.8. The second-order valence-electron chi connectivity index (χ2n) is 4.77. The van der Waals surface area contributed by atoms with E-state index in [1.165, 1.54) is 6.07 Å². The van der Waals surface area contributed by atoms with Crippen molar-refractivity contribution in [2.24, 2.45) is 0 Å². The standard InChI is InChI=1S/C16H13F3N2/c1-9-15(19)5-11(8-20)6-16(9)21-10(2)13-7-12(17)3-4-14(13)18/h3-7,10,21H,1-2H3. The van der Waals surface area contributed by atoms with Crippen molar-refractivity contribution in [1.82, 2.24) is 0 Å². The number of hydrogen-bond acceptors (Lipinski definition) is 2. The fourth-order valence-electron chi connectivity index (χ4n) is 2.05. The summed E-state index contributed by atoms with van der Waals surface area (Å²) in [5.74, 6) is -1.62. The number of nitriles is 1. The van der Waals surface area contributed by atoms with E-state index < -0.39 is 23.5 Å². The molecule has 1 N–H and O–H groups in total. The maximum absolute atomic E-state index is 13.7. The molecular weight excluding hydrogens is 277 g/mol. The van der Waals surface area contributed by atoms with Gasteiger partial charge in [0, 0.05) is 16.8 Å². The third kappa shape index (κ3) is 3.16. The van der Waals surface area contributed by atoms with Crippen LogP contribution in [0.1, 0.15) is 29.7 Å². The fraction of sp³-hybridized carbons (Fsp3) is 0.188. The maximum atomic E-state index is 13.7. The molecule has 0 amide bonds. The minimum absolute atomic E-state index is 0.136. The molecule has 0 radical (unpaired) electrons. The number of nitrogens with one attached hydrogen (secondary N) is 1. The Morgan fingerprint density at radius 1 is 1.10 bits per heavy atom. The lowest BCUT2D eigenvalue weighted by atomic mass is 10.0. The van der Waals surface area contributed by atoms with E-state index in [9.17, 15) is 13.2 Å². The zero-order valence-corrected chi connectivity index (χ0v) is 11.5. The van der Waals surface area contributed by atoms with Crippen molar-refractivity contribution in [3.63, 3.8) is 0 Å². The van der Waals surface area contributed by atoms with Crippen LogP contribution in [0.4, 0.5) is 18.9 Å². The minimum Gasteiger partial charge on any atom is -0.378 e. The summed E-state index contributed by atoms with van der Waals surface area (Å²) in [6, 6.07) is 7.06. The van der Waals surface area contributed by atoms with Crippen molar-refractivity contribution in [2.45, 2.75) is 19.9 Å². The molecule has 2 aromatic carbocycles. The van der Waals surface area contributed by atoms with E-state index in [1.807, 2.05) is 6.07 Å². The molecule has 0 aliphatic carbocycles. The van der Waals surface area contributed by atoms with Gasteiger partial charge in [0.25, 0.3) is 0 Å². The summed E-state index contributed by atoms with van der Waals surface area (Å²) >= 11 is 0. The van der Waals surface area contributed by atoms with Crippen molar-refractivity contribution in [1.29, 1.82) is 5.26 Å². The topological polar surface area (TPSA) is 35.8 Å². The number of rotatable bonds is 3. The molecule has 0 aliphatic rings. The summed E-state index contributed by atoms with van der Waals surface area (Å²) in [6.07, 6.45) is 0. The number of nitrogens with zero attached hydrogens (tertiary/aromatic N) is 1. The van der Waals surface area contributed by atoms with Crippen LogP contribution < -0.4 is 5.32 Å². The lowest BCUT2D eigenvalue weighted by Crippen LogP contribution is -2.10. The van der Waals surface area contributed by atoms with Gasteiger partial charge in [-0.2, -0.15) is 5.26 Å². The van der Waals surface area contributed by atoms with Gasteiger partial charge < -0.3 is 5.32 Å². The summed E-state index contributed by atoms with van der Waals surface area (Å²) in [7, 11) is 0. The average Bonchev–Trinajstić information content (AvgIpc) is 2.46. The van der Waals surface area contributed by atoms with Gasteiger partial charge >= 0.3 is 0 Å². The molecule has 0 aliphatic heterocycles. The summed E-state index contributed by atoms with van der Waals surface area (Å²) in [5.41, 5.74) is 0.991. The number of anilines is 1. The lowest BCUT2D eigenvalue weighted by Gasteiger charge is -2.18. The third-order valence-corrected chi connectivity index (χ3v) is 3.27. The quantitative estimate of drug-likeness (QED) is 0.906. The van der Waals surface area contributed by atoms with Crippen molar-refractivity contribution in [3.05, 3.63) is 64.5 Å². The van der Waals surface area contributed by atoms with Crippen LogP contribution in [0.15, 0.2) is 30.3 Å². The molecule has 1 unspecified atom stereocenters. The summed E-state index contributed by atoms with van der Waals surface area (Å²) < 4.78 is 40.6. The molecule has 5 heteroatoms. The van der Waals surface area contributed by atoms with Gasteiger partial charge in [0.2, 0.25) is 0 Å². The first kappa shape index (κ1) is 14.9. The maximum Gasteiger partial charge on any atom is 0.129 e. The number of benzene rings is 2. The van der Waals surface area contributed by atoms with Crippen molar-refractivity contribution in [2.75, 3.05) is 5.32 Å². The SMILES string of the molecule is Cc1c(F)cc(C#N)cc1NC(C)c1cc(F)ccc1F. The van der Waals surface area contributed by atoms with Crippen LogP contribution in [0.25, 0.3) is 0 Å². The minimum atomic E-state index is -0.576. The Hall–Kier alpha value is -2.48. The van der Waals surface area contributed by atoms with E-state index in [2.05, 4.69) is 5.32 Å². The van der Waals surface area contributed by atoms with Crippen molar-refractivity contribution < 1.29 is 13.2 Å². The van der Waals surface area contributed by atoms with Gasteiger partial charge in [-0.15, -0.1) is 0 Å². The average molecular weight is 290 g/mol. The monoisotopic (exact) mass is 290 g/mol. The molecule has 0 heterocycles. The van der Waals surface area contributed by atoms with E-state index in [-0.39, 0.29) is 11.1 Å². The highest BCUT2D eigenvalue weighted by atomic mass is 19.1. The first-order valence-corrected chi connectivity index (χ1v) is 6.34. The Bertz CT molecular complexity index is 720. The Balaban J connectivity index is 2.36. The number of halogens is 3. The van der Waals surface area contributed by atoms with Crippen molar-refractivity contribution >= 4 is 5.69 Å². The smallest absolute Gasteiger partial charge is 0.129 e. The van der Waals surface area contributed by atoms with Gasteiger partial charge in [0.05, 0.1) is 17.7 Å². The second kappa shape index (κ2) is 5.88. The molecule has 0 fully saturated rings. The van der Waals surface area contributed by atoms with Gasteiger partial charge in [-0.25, -0.2) is 13.2 Å². The molecule has 0 aromatic heterocycles. The molecule has 0 bridgehead atoms. The van der Waals surface area contributed by atoms with Crippen LogP contribution in [0.3, 0.4) is 0 Å². The van der Waals surface area contributed by atoms with Gasteiger partial charge in [-0.05, 0) is 44.2 Å². The molecule has 0 saturated heterocycles. The Morgan fingerprint density at radius 2 is 1.81 bits per heavy atom. The van der Waals surface area contributed by atoms with Gasteiger partial charge in [0.15, 0.2) is 0 Å². The van der Waals surface area contributed by atoms with E-state index in [0.717, 1.165) is 24.3 Å². The van der Waals surface area contributed by atoms with Crippen LogP contribution in [0, 0.1) is 35.7 Å². The molecule has 0 spiro atoms. The van der Waals surface area contributed by atoms with Gasteiger partial charge in [-0.1, -0.05) is 0 Å². The van der Waals surface area contributed by atoms with E-state index in [4.69, 9.17) is 5.26 Å². The molecular formula is C16H13F3N2. The Kier molecular flexibility index (Phi) is 4.18. The van der Waals surface area contributed by atoms with Crippen LogP contribution in [-0.4, -0.2) is 0 Å². The third-order valence-electron chi connectivity index (χ3n) is 3.27. The Labute approximate surface area is 120 Å². The van der Waals surface area contributed by atoms with Crippen LogP contribution >= 0.6 is 0 Å². The van der Waals surface area contributed by atoms with Gasteiger partial charge in [-0.3, -0.25) is 0 Å². The predicted molar refractivity (Wildman–Crippen MR) is 74.2 cm³/mol. The zero-order valence-electron chi connectivity index (χ0n) is 11.5. The van der Waals surface area contributed by atoms with Gasteiger partial charge in [0.1, 0.15) is 17.5 Å². The summed E-state index contributed by atoms with van der Waals surface area (Å²) in [6.45, 7) is 3.18. The molecule has 1 atom stereocenters. The highest BCUT2D eigenvalue weighted by Gasteiger charge is 2.14. The highest BCUT2D eigenvalue weighted by Crippen LogP contribution is 2.26. The van der Waals surface area contributed by atoms with E-state index in [0.29, 0.717) is 11.3 Å². The highest BCUT2D eigenvalue weighted by molar-refractivity contribution is 5.57. The predicted octanol–water partition coefficient (Wildman–Crippen LogP) is 4.46. The first-order chi connectivity index (χ1) is 9.92. The van der Waals surface area contributed by atoms with E-state index >= 15 is 0 Å². The molecule has 0 saturated carbocycles. The van der Waals surface area contributed by atoms with Crippen LogP contribution in [0.5, 0.6) is 0 Å². The summed E-state index contributed by atoms with van der Waals surface area (Å²) in [4.78, 5) is 0. The van der Waals surface area contributed by atoms with Crippen molar-refractivity contribution in [3.8, 4) is 6.07 Å². The van der Waals surface area contributed by atoms with E-state index in [1.54, 1.807) is 13.8 Å². The molecule has 2 nitrogen and oxygen atoms in total. The molecule has 21 heavy (non-hydrogen) atoms. The number of hydrogen-bond donors (Lipinski definition) is 1. The fourth-order valence-corrected chi connectivity index (χ4v) is 2.05. The Morgan fingerprint density at radius 3 is 2.48 bits per heavy atom. The lowest BCUT2D eigenvalue weighted by molar-refractivity contribution is 0.577. The zero-order chi connectivity index (χ0) is 15.6. The largest absolute Gasteiger partial charge is 0.378 e. The molecule has 2 aromatic rings. The normalized spacial score (nSPS) is 11.8. The van der Waals surface area contributed by atoms with Crippen LogP contribution in [-0.2, 0) is 0 Å². The van der Waals surface area contributed by atoms with Crippen LogP contribution in [0.2, 0.25) is 0 Å². The molecule has 108 valence electrons. The molecule has 2 rings (SSSR count). The first-order valence-electron chi connectivity index (χ1n) is 6.34.